The quantitative estimate of drug-likeness (QED) is 0.628. The number of hydrogen-bond acceptors (Lipinski definition) is 2. The lowest BCUT2D eigenvalue weighted by Gasteiger charge is -2.35. The van der Waals surface area contributed by atoms with Crippen molar-refractivity contribution in [3.8, 4) is 0 Å². The van der Waals surface area contributed by atoms with Crippen LogP contribution in [-0.2, 0) is 9.47 Å². The van der Waals surface area contributed by atoms with Crippen molar-refractivity contribution in [2.45, 2.75) is 102 Å². The van der Waals surface area contributed by atoms with Gasteiger partial charge in [0.25, 0.3) is 0 Å². The number of hydrogen-bond donors (Lipinski definition) is 0. The smallest absolute Gasteiger partial charge is 0.147 e. The van der Waals surface area contributed by atoms with E-state index in [1.54, 1.807) is 0 Å². The molecule has 3 rings (SSSR count). The first-order valence-corrected chi connectivity index (χ1v) is 9.65. The molecule has 0 aliphatic heterocycles. The van der Waals surface area contributed by atoms with Gasteiger partial charge < -0.3 is 9.47 Å². The van der Waals surface area contributed by atoms with Crippen LogP contribution in [0.5, 0.6) is 0 Å². The predicted octanol–water partition coefficient (Wildman–Crippen LogP) is 5.45. The monoisotopic (exact) mass is 294 g/mol. The second-order valence-electron chi connectivity index (χ2n) is 7.65. The highest BCUT2D eigenvalue weighted by molar-refractivity contribution is 4.80. The molecule has 3 saturated carbocycles. The maximum absolute atomic E-state index is 6.00. The first-order chi connectivity index (χ1) is 10.4. The van der Waals surface area contributed by atoms with E-state index in [0.717, 1.165) is 11.8 Å². The van der Waals surface area contributed by atoms with Crippen molar-refractivity contribution in [1.82, 2.24) is 0 Å². The molecule has 0 unspecified atom stereocenters. The maximum Gasteiger partial charge on any atom is 0.147 e. The third-order valence-corrected chi connectivity index (χ3v) is 6.20. The molecule has 122 valence electrons. The molecular formula is C19H34O2. The Morgan fingerprint density at radius 1 is 0.476 bits per heavy atom. The Morgan fingerprint density at radius 3 is 1.57 bits per heavy atom. The van der Waals surface area contributed by atoms with Crippen LogP contribution in [0, 0.1) is 11.8 Å². The van der Waals surface area contributed by atoms with Crippen molar-refractivity contribution < 1.29 is 9.47 Å². The van der Waals surface area contributed by atoms with Gasteiger partial charge in [0.15, 0.2) is 0 Å². The van der Waals surface area contributed by atoms with E-state index in [4.69, 9.17) is 9.47 Å². The van der Waals surface area contributed by atoms with E-state index in [2.05, 4.69) is 0 Å². The largest absolute Gasteiger partial charge is 0.352 e. The van der Waals surface area contributed by atoms with Gasteiger partial charge in [-0.3, -0.25) is 0 Å². The average molecular weight is 294 g/mol. The van der Waals surface area contributed by atoms with Crippen LogP contribution < -0.4 is 0 Å². The Balaban J connectivity index is 1.28. The first kappa shape index (κ1) is 15.8. The van der Waals surface area contributed by atoms with Gasteiger partial charge in [-0.1, -0.05) is 51.4 Å². The zero-order valence-corrected chi connectivity index (χ0v) is 13.7. The van der Waals surface area contributed by atoms with Crippen LogP contribution in [0.4, 0.5) is 0 Å². The fourth-order valence-electron chi connectivity index (χ4n) is 4.80. The highest BCUT2D eigenvalue weighted by Gasteiger charge is 2.28. The molecule has 0 aromatic heterocycles. The molecule has 0 radical (unpaired) electrons. The molecule has 2 nitrogen and oxygen atoms in total. The van der Waals surface area contributed by atoms with E-state index in [9.17, 15) is 0 Å². The third kappa shape index (κ3) is 4.96. The van der Waals surface area contributed by atoms with E-state index >= 15 is 0 Å². The van der Waals surface area contributed by atoms with Gasteiger partial charge >= 0.3 is 0 Å². The minimum atomic E-state index is 0.480. The van der Waals surface area contributed by atoms with Crippen LogP contribution >= 0.6 is 0 Å². The topological polar surface area (TPSA) is 18.5 Å². The summed E-state index contributed by atoms with van der Waals surface area (Å²) in [5.74, 6) is 2.04. The third-order valence-electron chi connectivity index (χ3n) is 6.20. The Bertz CT molecular complexity index is 269. The van der Waals surface area contributed by atoms with Gasteiger partial charge in [0.1, 0.15) is 6.79 Å². The lowest BCUT2D eigenvalue weighted by atomic mass is 9.73. The Morgan fingerprint density at radius 2 is 0.952 bits per heavy atom. The summed E-state index contributed by atoms with van der Waals surface area (Å²) in [6.45, 7) is 0.545. The standard InChI is InChI=1S/C19H34O2/c1-3-7-16(8-4-1)17-11-13-19(14-12-17)21-15-20-18-9-5-2-6-10-18/h16-19H,1-15H2. The second kappa shape index (κ2) is 8.53. The molecule has 21 heavy (non-hydrogen) atoms. The SMILES string of the molecule is C1CCC(OCOC2CCC(C3CCCCC3)CC2)CC1. The molecule has 0 N–H and O–H groups in total. The van der Waals surface area contributed by atoms with E-state index in [1.165, 1.54) is 89.9 Å². The van der Waals surface area contributed by atoms with Gasteiger partial charge in [-0.2, -0.15) is 0 Å². The minimum absolute atomic E-state index is 0.480. The summed E-state index contributed by atoms with van der Waals surface area (Å²) in [6, 6.07) is 0. The minimum Gasteiger partial charge on any atom is -0.352 e. The number of rotatable bonds is 5. The molecule has 0 aromatic rings. The molecule has 3 aliphatic rings. The van der Waals surface area contributed by atoms with Crippen LogP contribution in [0.3, 0.4) is 0 Å². The van der Waals surface area contributed by atoms with Gasteiger partial charge in [0.2, 0.25) is 0 Å². The molecule has 0 atom stereocenters. The zero-order valence-electron chi connectivity index (χ0n) is 13.7. The molecule has 0 spiro atoms. The molecule has 2 heteroatoms. The summed E-state index contributed by atoms with van der Waals surface area (Å²) in [5.41, 5.74) is 0. The van der Waals surface area contributed by atoms with Gasteiger partial charge in [-0.15, -0.1) is 0 Å². The summed E-state index contributed by atoms with van der Waals surface area (Å²) in [4.78, 5) is 0. The van der Waals surface area contributed by atoms with Crippen LogP contribution in [0.2, 0.25) is 0 Å². The lowest BCUT2D eigenvalue weighted by molar-refractivity contribution is -0.134. The first-order valence-electron chi connectivity index (χ1n) is 9.65. The molecule has 0 bridgehead atoms. The highest BCUT2D eigenvalue weighted by Crippen LogP contribution is 2.38. The van der Waals surface area contributed by atoms with Crippen molar-refractivity contribution >= 4 is 0 Å². The van der Waals surface area contributed by atoms with Crippen molar-refractivity contribution in [1.29, 1.82) is 0 Å². The summed E-state index contributed by atoms with van der Waals surface area (Å²) in [6.07, 6.45) is 20.3. The van der Waals surface area contributed by atoms with Crippen LogP contribution in [0.15, 0.2) is 0 Å². The van der Waals surface area contributed by atoms with Crippen molar-refractivity contribution in [2.75, 3.05) is 6.79 Å². The lowest BCUT2D eigenvalue weighted by Crippen LogP contribution is -2.28. The molecule has 0 amide bonds. The van der Waals surface area contributed by atoms with Crippen molar-refractivity contribution in [3.63, 3.8) is 0 Å². The van der Waals surface area contributed by atoms with Crippen molar-refractivity contribution in [2.24, 2.45) is 11.8 Å². The van der Waals surface area contributed by atoms with Gasteiger partial charge in [0.05, 0.1) is 12.2 Å². The van der Waals surface area contributed by atoms with Crippen LogP contribution in [0.25, 0.3) is 0 Å². The normalized spacial score (nSPS) is 33.1. The molecule has 0 saturated heterocycles. The van der Waals surface area contributed by atoms with Crippen LogP contribution in [-0.4, -0.2) is 19.0 Å². The molecule has 3 aliphatic carbocycles. The molecule has 3 fully saturated rings. The second-order valence-corrected chi connectivity index (χ2v) is 7.65. The zero-order chi connectivity index (χ0) is 14.3. The predicted molar refractivity (Wildman–Crippen MR) is 86.2 cm³/mol. The summed E-state index contributed by atoms with van der Waals surface area (Å²) in [5, 5.41) is 0. The van der Waals surface area contributed by atoms with E-state index in [-0.39, 0.29) is 0 Å². The number of ether oxygens (including phenoxy) is 2. The summed E-state index contributed by atoms with van der Waals surface area (Å²) >= 11 is 0. The van der Waals surface area contributed by atoms with E-state index in [1.807, 2.05) is 0 Å². The fourth-order valence-corrected chi connectivity index (χ4v) is 4.80. The molecule has 0 aromatic carbocycles. The molecular weight excluding hydrogens is 260 g/mol. The Kier molecular flexibility index (Phi) is 6.42. The maximum atomic E-state index is 6.00. The van der Waals surface area contributed by atoms with Gasteiger partial charge in [-0.25, -0.2) is 0 Å². The Hall–Kier alpha value is -0.0800. The summed E-state index contributed by atoms with van der Waals surface area (Å²) in [7, 11) is 0. The summed E-state index contributed by atoms with van der Waals surface area (Å²) < 4.78 is 11.9. The fraction of sp³-hybridized carbons (Fsp3) is 1.00. The molecule has 0 heterocycles. The average Bonchev–Trinajstić information content (AvgIpc) is 2.57. The van der Waals surface area contributed by atoms with Crippen molar-refractivity contribution in [3.05, 3.63) is 0 Å². The van der Waals surface area contributed by atoms with Gasteiger partial charge in [-0.05, 0) is 50.4 Å². The van der Waals surface area contributed by atoms with E-state index < -0.39 is 0 Å². The van der Waals surface area contributed by atoms with Gasteiger partial charge in [0, 0.05) is 0 Å². The van der Waals surface area contributed by atoms with E-state index in [0.29, 0.717) is 19.0 Å². The highest BCUT2D eigenvalue weighted by atomic mass is 16.7. The van der Waals surface area contributed by atoms with Crippen LogP contribution in [0.1, 0.15) is 89.9 Å². The Labute approximate surface area is 131 Å².